The zero-order valence-corrected chi connectivity index (χ0v) is 8.60. The Morgan fingerprint density at radius 2 is 1.17 bits per heavy atom. The Labute approximate surface area is 78.6 Å². The SMILES string of the molecule is Cc1ccc(C)cc1.O=[SH](=O)Cl. The molecule has 0 fully saturated rings. The number of benzene rings is 1. The molecule has 0 aliphatic rings. The highest BCUT2D eigenvalue weighted by molar-refractivity contribution is 7.98. The molecule has 0 aromatic heterocycles. The molecule has 0 unspecified atom stereocenters. The van der Waals surface area contributed by atoms with Gasteiger partial charge in [0, 0.05) is 10.7 Å². The van der Waals surface area contributed by atoms with E-state index >= 15 is 0 Å². The summed E-state index contributed by atoms with van der Waals surface area (Å²) in [6.45, 7) is 4.19. The Kier molecular flexibility index (Phi) is 5.76. The van der Waals surface area contributed by atoms with Crippen molar-refractivity contribution in [2.24, 2.45) is 0 Å². The molecule has 4 heteroatoms. The maximum absolute atomic E-state index is 8.80. The lowest BCUT2D eigenvalue weighted by Gasteiger charge is -1.90. The van der Waals surface area contributed by atoms with Crippen LogP contribution in [0.25, 0.3) is 0 Å². The molecule has 1 aromatic carbocycles. The zero-order valence-electron chi connectivity index (χ0n) is 6.95. The number of rotatable bonds is 0. The number of halogens is 1. The van der Waals surface area contributed by atoms with E-state index in [4.69, 9.17) is 8.42 Å². The number of aryl methyl sites for hydroxylation is 2. The van der Waals surface area contributed by atoms with E-state index in [2.05, 4.69) is 48.8 Å². The maximum atomic E-state index is 8.80. The molecule has 1 aromatic rings. The first-order chi connectivity index (χ1) is 5.52. The molecule has 0 saturated carbocycles. The molecule has 0 spiro atoms. The van der Waals surface area contributed by atoms with Crippen LogP contribution in [0.1, 0.15) is 11.1 Å². The second kappa shape index (κ2) is 6.03. The Morgan fingerprint density at radius 3 is 1.33 bits per heavy atom. The van der Waals surface area contributed by atoms with Gasteiger partial charge in [-0.05, 0) is 13.8 Å². The average Bonchev–Trinajstić information content (AvgIpc) is 1.94. The summed E-state index contributed by atoms with van der Waals surface area (Å²) in [6, 6.07) is 8.48. The van der Waals surface area contributed by atoms with Gasteiger partial charge < -0.3 is 0 Å². The van der Waals surface area contributed by atoms with Crippen LogP contribution in [0.3, 0.4) is 0 Å². The van der Waals surface area contributed by atoms with E-state index in [9.17, 15) is 0 Å². The second-order valence-corrected chi connectivity index (χ2v) is 3.62. The van der Waals surface area contributed by atoms with Gasteiger partial charge in [0.05, 0.1) is 0 Å². The standard InChI is InChI=1S/C8H10.ClHO2S/c1-7-3-5-8(2)6-4-7;1-4(2)3/h3-6H,1-2H3;4H. The summed E-state index contributed by atoms with van der Waals surface area (Å²) in [4.78, 5) is 0. The largest absolute Gasteiger partial charge is 0.222 e. The highest BCUT2D eigenvalue weighted by atomic mass is 35.7. The Morgan fingerprint density at radius 1 is 1.00 bits per heavy atom. The molecule has 0 aliphatic carbocycles. The van der Waals surface area contributed by atoms with E-state index in [-0.39, 0.29) is 0 Å². The molecule has 12 heavy (non-hydrogen) atoms. The molecule has 0 N–H and O–H groups in total. The van der Waals surface area contributed by atoms with Gasteiger partial charge in [-0.2, -0.15) is 0 Å². The lowest BCUT2D eigenvalue weighted by atomic mass is 10.2. The summed E-state index contributed by atoms with van der Waals surface area (Å²) >= 11 is 0. The van der Waals surface area contributed by atoms with Crippen molar-refractivity contribution in [2.45, 2.75) is 13.8 Å². The minimum Gasteiger partial charge on any atom is -0.215 e. The smallest absolute Gasteiger partial charge is 0.215 e. The zero-order chi connectivity index (χ0) is 9.56. The summed E-state index contributed by atoms with van der Waals surface area (Å²) in [6.07, 6.45) is 0. The molecular weight excluding hydrogens is 196 g/mol. The van der Waals surface area contributed by atoms with Crippen LogP contribution in [0.4, 0.5) is 0 Å². The summed E-state index contributed by atoms with van der Waals surface area (Å²) in [5.74, 6) is 0. The van der Waals surface area contributed by atoms with E-state index in [0.29, 0.717) is 0 Å². The van der Waals surface area contributed by atoms with Gasteiger partial charge in [0.15, 0.2) is 0 Å². The minimum atomic E-state index is -2.65. The van der Waals surface area contributed by atoms with Gasteiger partial charge in [-0.1, -0.05) is 35.4 Å². The molecule has 0 atom stereocenters. The van der Waals surface area contributed by atoms with E-state index in [0.717, 1.165) is 0 Å². The van der Waals surface area contributed by atoms with Gasteiger partial charge in [-0.3, -0.25) is 0 Å². The predicted octanol–water partition coefficient (Wildman–Crippen LogP) is 2.06. The topological polar surface area (TPSA) is 34.1 Å². The molecule has 0 heterocycles. The van der Waals surface area contributed by atoms with E-state index in [1.165, 1.54) is 11.1 Å². The number of hydrogen-bond acceptors (Lipinski definition) is 2. The van der Waals surface area contributed by atoms with Gasteiger partial charge in [0.1, 0.15) is 0 Å². The minimum absolute atomic E-state index is 1.33. The first-order valence-corrected chi connectivity index (χ1v) is 5.44. The van der Waals surface area contributed by atoms with Crippen molar-refractivity contribution in [1.29, 1.82) is 0 Å². The highest BCUT2D eigenvalue weighted by Gasteiger charge is 1.79. The maximum Gasteiger partial charge on any atom is 0.222 e. The van der Waals surface area contributed by atoms with Crippen molar-refractivity contribution >= 4 is 20.6 Å². The Balaban J connectivity index is 0.000000261. The van der Waals surface area contributed by atoms with Gasteiger partial charge >= 0.3 is 0 Å². The van der Waals surface area contributed by atoms with Crippen LogP contribution >= 0.6 is 10.7 Å². The third-order valence-electron chi connectivity index (χ3n) is 1.22. The van der Waals surface area contributed by atoms with Gasteiger partial charge in [-0.25, -0.2) is 8.42 Å². The Bertz CT molecular complexity index is 261. The molecule has 0 amide bonds. The number of thiol groups is 1. The van der Waals surface area contributed by atoms with Crippen molar-refractivity contribution in [3.8, 4) is 0 Å². The number of hydrogen-bond donors (Lipinski definition) is 1. The van der Waals surface area contributed by atoms with Crippen LogP contribution in [0.2, 0.25) is 0 Å². The third-order valence-corrected chi connectivity index (χ3v) is 1.22. The van der Waals surface area contributed by atoms with Crippen molar-refractivity contribution in [3.05, 3.63) is 35.4 Å². The van der Waals surface area contributed by atoms with E-state index in [1.54, 1.807) is 0 Å². The van der Waals surface area contributed by atoms with Crippen LogP contribution in [0, 0.1) is 13.8 Å². The molecular formula is C8H11ClO2S. The Hall–Kier alpha value is -0.540. The molecule has 0 saturated heterocycles. The van der Waals surface area contributed by atoms with E-state index < -0.39 is 9.92 Å². The second-order valence-electron chi connectivity index (χ2n) is 2.37. The monoisotopic (exact) mass is 206 g/mol. The lowest BCUT2D eigenvalue weighted by Crippen LogP contribution is -1.70. The third kappa shape index (κ3) is 7.57. The fourth-order valence-electron chi connectivity index (χ4n) is 0.637. The van der Waals surface area contributed by atoms with Crippen LogP contribution in [-0.4, -0.2) is 8.42 Å². The molecule has 1 rings (SSSR count). The van der Waals surface area contributed by atoms with Gasteiger partial charge in [-0.15, -0.1) is 0 Å². The lowest BCUT2D eigenvalue weighted by molar-refractivity contribution is 0.626. The molecule has 0 aliphatic heterocycles. The van der Waals surface area contributed by atoms with Crippen molar-refractivity contribution in [1.82, 2.24) is 0 Å². The molecule has 0 bridgehead atoms. The van der Waals surface area contributed by atoms with Gasteiger partial charge in [0.2, 0.25) is 9.92 Å². The van der Waals surface area contributed by atoms with Crippen molar-refractivity contribution in [2.75, 3.05) is 0 Å². The fourth-order valence-corrected chi connectivity index (χ4v) is 0.637. The molecule has 2 nitrogen and oxygen atoms in total. The first kappa shape index (κ1) is 11.5. The first-order valence-electron chi connectivity index (χ1n) is 3.36. The summed E-state index contributed by atoms with van der Waals surface area (Å²) < 4.78 is 17.6. The summed E-state index contributed by atoms with van der Waals surface area (Å²) in [5, 5.41) is 0. The normalized spacial score (nSPS) is 9.00. The quantitative estimate of drug-likeness (QED) is 0.521. The van der Waals surface area contributed by atoms with Crippen LogP contribution in [0.15, 0.2) is 24.3 Å². The fraction of sp³-hybridized carbons (Fsp3) is 0.250. The van der Waals surface area contributed by atoms with E-state index in [1.807, 2.05) is 0 Å². The van der Waals surface area contributed by atoms with Crippen LogP contribution < -0.4 is 0 Å². The highest BCUT2D eigenvalue weighted by Crippen LogP contribution is 1.99. The summed E-state index contributed by atoms with van der Waals surface area (Å²) in [5.41, 5.74) is 2.66. The predicted molar refractivity (Wildman–Crippen MR) is 52.1 cm³/mol. The van der Waals surface area contributed by atoms with Crippen LogP contribution in [0.5, 0.6) is 0 Å². The van der Waals surface area contributed by atoms with Gasteiger partial charge in [0.25, 0.3) is 0 Å². The van der Waals surface area contributed by atoms with Crippen molar-refractivity contribution in [3.63, 3.8) is 0 Å². The molecule has 0 radical (unpaired) electrons. The summed E-state index contributed by atoms with van der Waals surface area (Å²) in [7, 11) is 1.58. The van der Waals surface area contributed by atoms with Crippen LogP contribution in [-0.2, 0) is 9.92 Å². The average molecular weight is 207 g/mol. The molecule has 68 valence electrons. The van der Waals surface area contributed by atoms with Crippen molar-refractivity contribution < 1.29 is 8.42 Å².